The quantitative estimate of drug-likeness (QED) is 0.760. The van der Waals surface area contributed by atoms with Crippen LogP contribution >= 0.6 is 22.7 Å². The van der Waals surface area contributed by atoms with E-state index >= 15 is 0 Å². The monoisotopic (exact) mass is 363 g/mol. The molecule has 1 saturated carbocycles. The molecule has 2 heterocycles. The highest BCUT2D eigenvalue weighted by atomic mass is 32.1. The van der Waals surface area contributed by atoms with Crippen molar-refractivity contribution in [1.82, 2.24) is 5.32 Å². The van der Waals surface area contributed by atoms with E-state index in [9.17, 15) is 9.90 Å². The summed E-state index contributed by atoms with van der Waals surface area (Å²) in [4.78, 5) is 13.1. The summed E-state index contributed by atoms with van der Waals surface area (Å²) in [5.41, 5.74) is -0.281. The van der Waals surface area contributed by atoms with E-state index in [1.807, 2.05) is 34.3 Å². The zero-order chi connectivity index (χ0) is 16.8. The van der Waals surface area contributed by atoms with Crippen molar-refractivity contribution in [2.45, 2.75) is 50.5 Å². The molecule has 1 fully saturated rings. The van der Waals surface area contributed by atoms with Crippen molar-refractivity contribution in [1.29, 1.82) is 0 Å². The van der Waals surface area contributed by atoms with E-state index in [1.165, 1.54) is 43.4 Å². The molecule has 1 unspecified atom stereocenters. The molecule has 0 spiro atoms. The van der Waals surface area contributed by atoms with Gasteiger partial charge < -0.3 is 10.4 Å². The van der Waals surface area contributed by atoms with Gasteiger partial charge in [-0.1, -0.05) is 38.2 Å². The summed E-state index contributed by atoms with van der Waals surface area (Å²) in [6.45, 7) is 0.230. The lowest BCUT2D eigenvalue weighted by atomic mass is 9.86. The Balaban J connectivity index is 1.57. The van der Waals surface area contributed by atoms with Crippen molar-refractivity contribution in [3.05, 3.63) is 44.8 Å². The molecule has 0 bridgehead atoms. The molecular formula is C19H25NO2S2. The molecule has 1 amide bonds. The van der Waals surface area contributed by atoms with Gasteiger partial charge in [0.05, 0.1) is 6.54 Å². The molecule has 1 aliphatic rings. The Morgan fingerprint density at radius 1 is 1.25 bits per heavy atom. The summed E-state index contributed by atoms with van der Waals surface area (Å²) in [5, 5.41) is 20.0. The first-order valence-electron chi connectivity index (χ1n) is 8.74. The zero-order valence-electron chi connectivity index (χ0n) is 13.9. The number of rotatable bonds is 7. The van der Waals surface area contributed by atoms with Gasteiger partial charge in [0.15, 0.2) is 0 Å². The fourth-order valence-electron chi connectivity index (χ4n) is 3.47. The number of nitrogens with one attached hydrogen (secondary N) is 1. The van der Waals surface area contributed by atoms with Gasteiger partial charge in [-0.25, -0.2) is 0 Å². The first kappa shape index (κ1) is 17.6. The minimum absolute atomic E-state index is 0.0470. The highest BCUT2D eigenvalue weighted by molar-refractivity contribution is 7.10. The van der Waals surface area contributed by atoms with Crippen LogP contribution in [0.15, 0.2) is 34.3 Å². The maximum Gasteiger partial charge on any atom is 0.220 e. The standard InChI is InChI=1S/C19H25NO2S2/c21-18(9-8-15-5-2-1-3-6-15)20-14-19(22,16-10-12-23-13-16)17-7-4-11-24-17/h4,7,10-13,15,22H,1-3,5-6,8-9,14H2,(H,20,21). The van der Waals surface area contributed by atoms with Crippen LogP contribution in [-0.4, -0.2) is 17.6 Å². The predicted octanol–water partition coefficient (Wildman–Crippen LogP) is 4.52. The Labute approximate surface area is 151 Å². The molecule has 0 aliphatic heterocycles. The Bertz CT molecular complexity index is 582. The van der Waals surface area contributed by atoms with Crippen LogP contribution in [0, 0.1) is 5.92 Å². The van der Waals surface area contributed by atoms with E-state index in [0.29, 0.717) is 12.3 Å². The third kappa shape index (κ3) is 4.26. The fourth-order valence-corrected chi connectivity index (χ4v) is 5.04. The Morgan fingerprint density at radius 2 is 2.08 bits per heavy atom. The van der Waals surface area contributed by atoms with Crippen LogP contribution in [0.2, 0.25) is 0 Å². The predicted molar refractivity (Wildman–Crippen MR) is 100 cm³/mol. The summed E-state index contributed by atoms with van der Waals surface area (Å²) >= 11 is 3.08. The van der Waals surface area contributed by atoms with Crippen molar-refractivity contribution in [3.63, 3.8) is 0 Å². The van der Waals surface area contributed by atoms with Gasteiger partial charge in [-0.15, -0.1) is 11.3 Å². The lowest BCUT2D eigenvalue weighted by Gasteiger charge is -2.27. The molecule has 0 radical (unpaired) electrons. The lowest BCUT2D eigenvalue weighted by molar-refractivity contribution is -0.122. The molecule has 5 heteroatoms. The molecular weight excluding hydrogens is 338 g/mol. The van der Waals surface area contributed by atoms with Gasteiger partial charge in [-0.2, -0.15) is 11.3 Å². The molecule has 3 rings (SSSR count). The fraction of sp³-hybridized carbons (Fsp3) is 0.526. The lowest BCUT2D eigenvalue weighted by Crippen LogP contribution is -2.41. The maximum absolute atomic E-state index is 12.3. The van der Waals surface area contributed by atoms with Gasteiger partial charge in [-0.05, 0) is 40.6 Å². The topological polar surface area (TPSA) is 49.3 Å². The second kappa shape index (κ2) is 8.28. The van der Waals surface area contributed by atoms with Crippen LogP contribution in [0.25, 0.3) is 0 Å². The van der Waals surface area contributed by atoms with Crippen molar-refractivity contribution < 1.29 is 9.90 Å². The third-order valence-electron chi connectivity index (χ3n) is 4.97. The average Bonchev–Trinajstić information content (AvgIpc) is 3.32. The van der Waals surface area contributed by atoms with E-state index in [-0.39, 0.29) is 12.5 Å². The van der Waals surface area contributed by atoms with Crippen LogP contribution in [-0.2, 0) is 10.4 Å². The number of hydrogen-bond donors (Lipinski definition) is 2. The van der Waals surface area contributed by atoms with E-state index in [4.69, 9.17) is 0 Å². The van der Waals surface area contributed by atoms with Gasteiger partial charge in [0.2, 0.25) is 5.91 Å². The molecule has 1 atom stereocenters. The maximum atomic E-state index is 12.3. The Hall–Kier alpha value is -1.17. The van der Waals surface area contributed by atoms with Crippen molar-refractivity contribution in [2.75, 3.05) is 6.54 Å². The number of carbonyl (C=O) groups is 1. The normalized spacial score (nSPS) is 18.2. The van der Waals surface area contributed by atoms with Crippen molar-refractivity contribution >= 4 is 28.6 Å². The van der Waals surface area contributed by atoms with Crippen molar-refractivity contribution in [3.8, 4) is 0 Å². The second-order valence-corrected chi connectivity index (χ2v) is 8.40. The first-order chi connectivity index (χ1) is 11.7. The highest BCUT2D eigenvalue weighted by Gasteiger charge is 2.33. The summed E-state index contributed by atoms with van der Waals surface area (Å²) < 4.78 is 0. The molecule has 24 heavy (non-hydrogen) atoms. The number of thiophene rings is 2. The van der Waals surface area contributed by atoms with Crippen molar-refractivity contribution in [2.24, 2.45) is 5.92 Å². The molecule has 130 valence electrons. The number of carbonyl (C=O) groups excluding carboxylic acids is 1. The molecule has 2 aromatic heterocycles. The second-order valence-electron chi connectivity index (χ2n) is 6.67. The van der Waals surface area contributed by atoms with Gasteiger partial charge in [0.1, 0.15) is 5.60 Å². The summed E-state index contributed by atoms with van der Waals surface area (Å²) in [7, 11) is 0. The van der Waals surface area contributed by atoms with E-state index in [0.717, 1.165) is 16.9 Å². The SMILES string of the molecule is O=C(CCC1CCCCC1)NCC(O)(c1ccsc1)c1cccs1. The minimum Gasteiger partial charge on any atom is -0.378 e. The van der Waals surface area contributed by atoms with Crippen LogP contribution in [0.3, 0.4) is 0 Å². The van der Waals surface area contributed by atoms with E-state index < -0.39 is 5.60 Å². The molecule has 3 nitrogen and oxygen atoms in total. The molecule has 0 aromatic carbocycles. The summed E-state index contributed by atoms with van der Waals surface area (Å²) in [5.74, 6) is 0.753. The highest BCUT2D eigenvalue weighted by Crippen LogP contribution is 2.33. The summed E-state index contributed by atoms with van der Waals surface area (Å²) in [6, 6.07) is 5.79. The molecule has 2 aromatic rings. The minimum atomic E-state index is -1.13. The number of amides is 1. The van der Waals surface area contributed by atoms with Crippen LogP contribution in [0.5, 0.6) is 0 Å². The van der Waals surface area contributed by atoms with Gasteiger partial charge in [0, 0.05) is 16.9 Å². The largest absolute Gasteiger partial charge is 0.378 e. The number of hydrogen-bond acceptors (Lipinski definition) is 4. The van der Waals surface area contributed by atoms with Gasteiger partial charge in [-0.3, -0.25) is 4.79 Å². The molecule has 1 aliphatic carbocycles. The molecule has 0 saturated heterocycles. The smallest absolute Gasteiger partial charge is 0.220 e. The van der Waals surface area contributed by atoms with Gasteiger partial charge in [0.25, 0.3) is 0 Å². The van der Waals surface area contributed by atoms with Crippen LogP contribution in [0.1, 0.15) is 55.4 Å². The van der Waals surface area contributed by atoms with E-state index in [1.54, 1.807) is 11.3 Å². The third-order valence-corrected chi connectivity index (χ3v) is 6.68. The first-order valence-corrected chi connectivity index (χ1v) is 10.6. The van der Waals surface area contributed by atoms with Crippen LogP contribution in [0.4, 0.5) is 0 Å². The average molecular weight is 364 g/mol. The van der Waals surface area contributed by atoms with E-state index in [2.05, 4.69) is 5.32 Å². The Kier molecular flexibility index (Phi) is 6.09. The Morgan fingerprint density at radius 3 is 2.75 bits per heavy atom. The zero-order valence-corrected chi connectivity index (χ0v) is 15.5. The summed E-state index contributed by atoms with van der Waals surface area (Å²) in [6.07, 6.45) is 8.03. The van der Waals surface area contributed by atoms with Gasteiger partial charge >= 0.3 is 0 Å². The molecule has 2 N–H and O–H groups in total. The van der Waals surface area contributed by atoms with Crippen LogP contribution < -0.4 is 5.32 Å². The number of aliphatic hydroxyl groups is 1.